The lowest BCUT2D eigenvalue weighted by molar-refractivity contribution is -0.385. The number of carbonyl (C=O) groups excluding carboxylic acids is 1. The lowest BCUT2D eigenvalue weighted by Gasteiger charge is -2.13. The minimum absolute atomic E-state index is 0.0558. The van der Waals surface area contributed by atoms with Crippen LogP contribution in [0.1, 0.15) is 18.6 Å². The topological polar surface area (TPSA) is 69.4 Å². The van der Waals surface area contributed by atoms with Gasteiger partial charge in [0, 0.05) is 24.6 Å². The van der Waals surface area contributed by atoms with E-state index in [0.717, 1.165) is 0 Å². The lowest BCUT2D eigenvalue weighted by Crippen LogP contribution is -2.10. The molecule has 0 saturated heterocycles. The van der Waals surface area contributed by atoms with Gasteiger partial charge < -0.3 is 4.74 Å². The number of hydrogen-bond donors (Lipinski definition) is 0. The highest BCUT2D eigenvalue weighted by molar-refractivity contribution is 6.18. The summed E-state index contributed by atoms with van der Waals surface area (Å²) in [5, 5.41) is 10.6. The van der Waals surface area contributed by atoms with Gasteiger partial charge in [0.05, 0.1) is 10.8 Å². The zero-order valence-corrected chi connectivity index (χ0v) is 9.31. The van der Waals surface area contributed by atoms with Crippen LogP contribution in [-0.2, 0) is 9.53 Å². The molecule has 0 radical (unpaired) electrons. The average Bonchev–Trinajstić information content (AvgIpc) is 2.25. The van der Waals surface area contributed by atoms with Crippen molar-refractivity contribution in [2.45, 2.75) is 13.0 Å². The van der Waals surface area contributed by atoms with E-state index < -0.39 is 17.0 Å². The number of rotatable bonds is 4. The number of esters is 1. The first-order valence-electron chi connectivity index (χ1n) is 4.52. The molecule has 0 aliphatic heterocycles. The molecule has 16 heavy (non-hydrogen) atoms. The van der Waals surface area contributed by atoms with Crippen LogP contribution >= 0.6 is 11.6 Å². The second-order valence-electron chi connectivity index (χ2n) is 3.10. The molecule has 0 amide bonds. The van der Waals surface area contributed by atoms with Crippen molar-refractivity contribution in [3.8, 4) is 0 Å². The molecule has 0 bridgehead atoms. The van der Waals surface area contributed by atoms with Crippen molar-refractivity contribution in [2.24, 2.45) is 0 Å². The third-order valence-corrected chi connectivity index (χ3v) is 2.18. The number of non-ortho nitro benzene ring substituents is 1. The molecule has 0 saturated carbocycles. The highest BCUT2D eigenvalue weighted by Gasteiger charge is 2.16. The van der Waals surface area contributed by atoms with Crippen LogP contribution in [0.25, 0.3) is 0 Å². The van der Waals surface area contributed by atoms with E-state index in [9.17, 15) is 14.9 Å². The summed E-state index contributed by atoms with van der Waals surface area (Å²) >= 11 is 5.63. The minimum Gasteiger partial charge on any atom is -0.456 e. The summed E-state index contributed by atoms with van der Waals surface area (Å²) in [5.41, 5.74) is 0.458. The molecule has 5 nitrogen and oxygen atoms in total. The predicted molar refractivity (Wildman–Crippen MR) is 58.3 cm³/mol. The number of alkyl halides is 1. The highest BCUT2D eigenvalue weighted by Crippen LogP contribution is 2.23. The predicted octanol–water partition coefficient (Wildman–Crippen LogP) is 2.44. The molecule has 1 aromatic rings. The molecule has 0 aromatic heterocycles. The van der Waals surface area contributed by atoms with Gasteiger partial charge in [0.2, 0.25) is 0 Å². The first kappa shape index (κ1) is 12.4. The Morgan fingerprint density at radius 1 is 1.62 bits per heavy atom. The fourth-order valence-corrected chi connectivity index (χ4v) is 1.47. The van der Waals surface area contributed by atoms with Gasteiger partial charge in [-0.15, -0.1) is 11.6 Å². The Kier molecular flexibility index (Phi) is 4.25. The van der Waals surface area contributed by atoms with E-state index in [2.05, 4.69) is 0 Å². The average molecular weight is 244 g/mol. The minimum atomic E-state index is -0.654. The molecular weight excluding hydrogens is 234 g/mol. The lowest BCUT2D eigenvalue weighted by atomic mass is 10.1. The zero-order valence-electron chi connectivity index (χ0n) is 8.55. The van der Waals surface area contributed by atoms with Crippen LogP contribution in [-0.4, -0.2) is 16.8 Å². The molecule has 0 aliphatic carbocycles. The van der Waals surface area contributed by atoms with Gasteiger partial charge in [-0.1, -0.05) is 12.1 Å². The number of ether oxygens (including phenoxy) is 1. The van der Waals surface area contributed by atoms with Crippen molar-refractivity contribution >= 4 is 23.3 Å². The van der Waals surface area contributed by atoms with Crippen LogP contribution < -0.4 is 0 Å². The molecule has 0 spiro atoms. The second-order valence-corrected chi connectivity index (χ2v) is 3.41. The van der Waals surface area contributed by atoms with Crippen molar-refractivity contribution in [1.82, 2.24) is 0 Å². The van der Waals surface area contributed by atoms with E-state index in [1.165, 1.54) is 25.1 Å². The van der Waals surface area contributed by atoms with Crippen LogP contribution in [0.15, 0.2) is 24.3 Å². The largest absolute Gasteiger partial charge is 0.456 e. The maximum absolute atomic E-state index is 10.8. The Morgan fingerprint density at radius 2 is 2.31 bits per heavy atom. The van der Waals surface area contributed by atoms with Crippen molar-refractivity contribution in [1.29, 1.82) is 0 Å². The summed E-state index contributed by atoms with van der Waals surface area (Å²) in [6, 6.07) is 5.86. The van der Waals surface area contributed by atoms with Gasteiger partial charge in [-0.25, -0.2) is 0 Å². The maximum atomic E-state index is 10.8. The third kappa shape index (κ3) is 3.20. The van der Waals surface area contributed by atoms with Gasteiger partial charge in [-0.2, -0.15) is 0 Å². The smallest absolute Gasteiger partial charge is 0.303 e. The van der Waals surface area contributed by atoms with Crippen LogP contribution in [0.4, 0.5) is 5.69 Å². The number of carbonyl (C=O) groups is 1. The molecular formula is C10H10ClNO4. The van der Waals surface area contributed by atoms with E-state index in [1.54, 1.807) is 6.07 Å². The Hall–Kier alpha value is -1.62. The molecule has 1 atom stereocenters. The molecule has 0 heterocycles. The summed E-state index contributed by atoms with van der Waals surface area (Å²) in [7, 11) is 0. The summed E-state index contributed by atoms with van der Waals surface area (Å²) in [6.45, 7) is 1.26. The molecule has 0 fully saturated rings. The van der Waals surface area contributed by atoms with E-state index >= 15 is 0 Å². The summed E-state index contributed by atoms with van der Waals surface area (Å²) < 4.78 is 4.93. The monoisotopic (exact) mass is 243 g/mol. The van der Waals surface area contributed by atoms with Crippen molar-refractivity contribution in [2.75, 3.05) is 5.88 Å². The first-order chi connectivity index (χ1) is 7.54. The highest BCUT2D eigenvalue weighted by atomic mass is 35.5. The number of benzene rings is 1. The number of nitrogens with zero attached hydrogens (tertiary/aromatic N) is 1. The van der Waals surface area contributed by atoms with Gasteiger partial charge in [0.25, 0.3) is 5.69 Å². The van der Waals surface area contributed by atoms with E-state index in [4.69, 9.17) is 16.3 Å². The number of nitro groups is 1. The Labute approximate surface area is 97.1 Å². The summed E-state index contributed by atoms with van der Waals surface area (Å²) in [4.78, 5) is 20.8. The van der Waals surface area contributed by atoms with Crippen molar-refractivity contribution in [3.05, 3.63) is 39.9 Å². The number of halogens is 1. The van der Waals surface area contributed by atoms with Crippen LogP contribution in [0.3, 0.4) is 0 Å². The summed E-state index contributed by atoms with van der Waals surface area (Å²) in [6.07, 6.45) is -0.654. The van der Waals surface area contributed by atoms with Gasteiger partial charge in [-0.3, -0.25) is 14.9 Å². The molecule has 1 rings (SSSR count). The van der Waals surface area contributed by atoms with Gasteiger partial charge in [0.15, 0.2) is 0 Å². The van der Waals surface area contributed by atoms with E-state index in [-0.39, 0.29) is 11.6 Å². The SMILES string of the molecule is CC(=O)O[C@H](CCl)c1cccc([N+](=O)[O-])c1. The van der Waals surface area contributed by atoms with E-state index in [1.807, 2.05) is 0 Å². The first-order valence-corrected chi connectivity index (χ1v) is 5.05. The van der Waals surface area contributed by atoms with Gasteiger partial charge >= 0.3 is 5.97 Å². The van der Waals surface area contributed by atoms with Gasteiger partial charge in [0.1, 0.15) is 6.10 Å². The van der Waals surface area contributed by atoms with Crippen LogP contribution in [0, 0.1) is 10.1 Å². The van der Waals surface area contributed by atoms with Crippen LogP contribution in [0.5, 0.6) is 0 Å². The third-order valence-electron chi connectivity index (χ3n) is 1.90. The molecule has 1 aromatic carbocycles. The standard InChI is InChI=1S/C10H10ClNO4/c1-7(13)16-10(6-11)8-3-2-4-9(5-8)12(14)15/h2-5,10H,6H2,1H3/t10-/m1/s1. The van der Waals surface area contributed by atoms with Crippen molar-refractivity contribution < 1.29 is 14.5 Å². The maximum Gasteiger partial charge on any atom is 0.303 e. The van der Waals surface area contributed by atoms with E-state index in [0.29, 0.717) is 5.56 Å². The second kappa shape index (κ2) is 5.46. The summed E-state index contributed by atoms with van der Waals surface area (Å²) in [5.74, 6) is -0.419. The zero-order chi connectivity index (χ0) is 12.1. The Bertz CT molecular complexity index is 408. The quantitative estimate of drug-likeness (QED) is 0.352. The molecule has 86 valence electrons. The Balaban J connectivity index is 2.96. The molecule has 0 aliphatic rings. The number of nitro benzene ring substituents is 1. The fourth-order valence-electron chi connectivity index (χ4n) is 1.23. The van der Waals surface area contributed by atoms with Crippen LogP contribution in [0.2, 0.25) is 0 Å². The normalized spacial score (nSPS) is 11.9. The molecule has 6 heteroatoms. The molecule has 0 N–H and O–H groups in total. The fraction of sp³-hybridized carbons (Fsp3) is 0.300. The molecule has 0 unspecified atom stereocenters. The number of hydrogen-bond acceptors (Lipinski definition) is 4. The van der Waals surface area contributed by atoms with Gasteiger partial charge in [-0.05, 0) is 0 Å². The van der Waals surface area contributed by atoms with Crippen molar-refractivity contribution in [3.63, 3.8) is 0 Å². The Morgan fingerprint density at radius 3 is 2.81 bits per heavy atom.